The van der Waals surface area contributed by atoms with Crippen molar-refractivity contribution in [3.8, 4) is 0 Å². The van der Waals surface area contributed by atoms with Crippen molar-refractivity contribution in [3.63, 3.8) is 0 Å². The highest BCUT2D eigenvalue weighted by molar-refractivity contribution is 8.04. The number of rotatable bonds is 1. The van der Waals surface area contributed by atoms with Crippen LogP contribution in [-0.2, 0) is 0 Å². The molecule has 1 nitrogen and oxygen atoms in total. The molecule has 0 aromatic rings. The lowest BCUT2D eigenvalue weighted by atomic mass is 11.6. The highest BCUT2D eigenvalue weighted by Crippen LogP contribution is 2.00. The fourth-order valence-corrected chi connectivity index (χ4v) is 0. The summed E-state index contributed by atoms with van der Waals surface area (Å²) in [5, 5.41) is 0. The van der Waals surface area contributed by atoms with E-state index in [4.69, 9.17) is 0 Å². The molecule has 0 aromatic heterocycles. The molecule has 0 fully saturated rings. The van der Waals surface area contributed by atoms with Gasteiger partial charge < -0.3 is 0 Å². The molecule has 0 aliphatic heterocycles. The summed E-state index contributed by atoms with van der Waals surface area (Å²) in [6.07, 6.45) is 1.97. The second-order valence-corrected chi connectivity index (χ2v) is 2.43. The van der Waals surface area contributed by atoms with Crippen molar-refractivity contribution >= 4 is 24.8 Å². The first-order chi connectivity index (χ1) is 2.27. The Bertz CT molecular complexity index is 21.6. The Kier molecular flexibility index (Phi) is 3.25. The van der Waals surface area contributed by atoms with Crippen LogP contribution in [0.3, 0.4) is 0 Å². The molecule has 0 N–H and O–H groups in total. The van der Waals surface area contributed by atoms with Gasteiger partial charge in [-0.15, -0.1) is 0 Å². The molecule has 5 heavy (non-hydrogen) atoms. The van der Waals surface area contributed by atoms with Gasteiger partial charge in [0.15, 0.2) is 0 Å². The van der Waals surface area contributed by atoms with Gasteiger partial charge in [-0.3, -0.25) is 0 Å². The maximum absolute atomic E-state index is 3.89. The van der Waals surface area contributed by atoms with Crippen LogP contribution in [0.2, 0.25) is 0 Å². The van der Waals surface area contributed by atoms with Crippen LogP contribution in [0.1, 0.15) is 0 Å². The van der Waals surface area contributed by atoms with Crippen LogP contribution in [0.4, 0.5) is 0 Å². The molecule has 0 saturated carbocycles. The van der Waals surface area contributed by atoms with Crippen LogP contribution in [-0.4, -0.2) is 17.0 Å². The van der Waals surface area contributed by atoms with Crippen molar-refractivity contribution in [3.05, 3.63) is 0 Å². The van der Waals surface area contributed by atoms with E-state index >= 15 is 0 Å². The van der Waals surface area contributed by atoms with Crippen molar-refractivity contribution in [2.45, 2.75) is 0 Å². The molecule has 0 aliphatic rings. The zero-order valence-electron chi connectivity index (χ0n) is 3.30. The number of thiol groups is 1. The van der Waals surface area contributed by atoms with E-state index in [1.54, 1.807) is 15.7 Å². The van der Waals surface area contributed by atoms with Gasteiger partial charge in [0.2, 0.25) is 0 Å². The lowest BCUT2D eigenvalue weighted by Crippen LogP contribution is -1.85. The molecule has 0 heterocycles. The molecule has 0 unspecified atom stereocenters. The summed E-state index contributed by atoms with van der Waals surface area (Å²) in [7, 11) is 1.88. The van der Waals surface area contributed by atoms with Gasteiger partial charge in [-0.1, -0.05) is 24.8 Å². The van der Waals surface area contributed by atoms with Gasteiger partial charge in [0.05, 0.1) is 0 Å². The maximum atomic E-state index is 3.89. The fourth-order valence-electron chi connectivity index (χ4n) is 0. The topological polar surface area (TPSA) is 3.24 Å². The summed E-state index contributed by atoms with van der Waals surface area (Å²) in [5.41, 5.74) is 0. The van der Waals surface area contributed by atoms with E-state index in [2.05, 4.69) is 12.8 Å². The summed E-state index contributed by atoms with van der Waals surface area (Å²) >= 11 is 5.47. The minimum absolute atomic E-state index is 1.58. The molecule has 0 spiro atoms. The molecular weight excluding hydrogens is 102 g/mol. The van der Waals surface area contributed by atoms with Crippen molar-refractivity contribution in [1.29, 1.82) is 0 Å². The summed E-state index contributed by atoms with van der Waals surface area (Å²) in [5.74, 6) is 0. The van der Waals surface area contributed by atoms with Gasteiger partial charge in [-0.2, -0.15) is 0 Å². The third-order valence-electron chi connectivity index (χ3n) is 0.264. The zero-order valence-corrected chi connectivity index (χ0v) is 5.01. The standard InChI is InChI=1S/C2H7NS2/c1-3(4)5-2/h4H,1-2H3. The van der Waals surface area contributed by atoms with E-state index in [1.165, 1.54) is 0 Å². The van der Waals surface area contributed by atoms with E-state index in [0.717, 1.165) is 0 Å². The summed E-state index contributed by atoms with van der Waals surface area (Å²) in [4.78, 5) is 0. The largest absolute Gasteiger partial charge is 0.201 e. The Hall–Kier alpha value is 0.660. The second kappa shape index (κ2) is 2.87. The fraction of sp³-hybridized carbons (Fsp3) is 1.00. The van der Waals surface area contributed by atoms with E-state index < -0.39 is 0 Å². The van der Waals surface area contributed by atoms with Gasteiger partial charge >= 0.3 is 0 Å². The van der Waals surface area contributed by atoms with Gasteiger partial charge in [-0.05, 0) is 6.26 Å². The summed E-state index contributed by atoms with van der Waals surface area (Å²) in [6.45, 7) is 0. The van der Waals surface area contributed by atoms with Crippen molar-refractivity contribution in [2.75, 3.05) is 13.3 Å². The highest BCUT2D eigenvalue weighted by Gasteiger charge is 1.74. The van der Waals surface area contributed by atoms with Gasteiger partial charge in [0.25, 0.3) is 0 Å². The van der Waals surface area contributed by atoms with Gasteiger partial charge in [0, 0.05) is 7.05 Å². The molecule has 0 aliphatic carbocycles. The summed E-state index contributed by atoms with van der Waals surface area (Å²) < 4.78 is 1.74. The Labute approximate surface area is 42.4 Å². The second-order valence-electron chi connectivity index (χ2n) is 0.647. The van der Waals surface area contributed by atoms with E-state index in [1.807, 2.05) is 13.3 Å². The zero-order chi connectivity index (χ0) is 4.28. The van der Waals surface area contributed by atoms with E-state index in [9.17, 15) is 0 Å². The van der Waals surface area contributed by atoms with Crippen LogP contribution in [0, 0.1) is 0 Å². The first-order valence-electron chi connectivity index (χ1n) is 1.24. The van der Waals surface area contributed by atoms with Crippen molar-refractivity contribution in [2.24, 2.45) is 0 Å². The predicted octanol–water partition coefficient (Wildman–Crippen LogP) is 1.04. The summed E-state index contributed by atoms with van der Waals surface area (Å²) in [6, 6.07) is 0. The highest BCUT2D eigenvalue weighted by atomic mass is 32.2. The number of nitrogens with zero attached hydrogens (tertiary/aromatic N) is 1. The third kappa shape index (κ3) is 4.66. The predicted molar refractivity (Wildman–Crippen MR) is 30.3 cm³/mol. The lowest BCUT2D eigenvalue weighted by Gasteiger charge is -1.96. The monoisotopic (exact) mass is 109 g/mol. The average Bonchev–Trinajstić information content (AvgIpc) is 1.38. The molecule has 0 aromatic carbocycles. The SMILES string of the molecule is CSN(C)S. The Morgan fingerprint density at radius 3 is 2.00 bits per heavy atom. The smallest absolute Gasteiger partial charge is 0.00855 e. The van der Waals surface area contributed by atoms with Crippen LogP contribution in [0.15, 0.2) is 0 Å². The van der Waals surface area contributed by atoms with Crippen LogP contribution >= 0.6 is 24.8 Å². The average molecular weight is 109 g/mol. The number of hydrogen-bond acceptors (Lipinski definition) is 3. The Morgan fingerprint density at radius 2 is 2.00 bits per heavy atom. The quantitative estimate of drug-likeness (QED) is 0.396. The Balaban J connectivity index is 2.54. The third-order valence-corrected chi connectivity index (χ3v) is 1.28. The maximum Gasteiger partial charge on any atom is 0.00855 e. The van der Waals surface area contributed by atoms with Crippen molar-refractivity contribution in [1.82, 2.24) is 3.71 Å². The Morgan fingerprint density at radius 1 is 1.80 bits per heavy atom. The number of hydrogen-bond donors (Lipinski definition) is 1. The lowest BCUT2D eigenvalue weighted by molar-refractivity contribution is 0.965. The molecular formula is C2H7NS2. The molecule has 0 saturated heterocycles. The van der Waals surface area contributed by atoms with Gasteiger partial charge in [0.1, 0.15) is 0 Å². The molecule has 0 bridgehead atoms. The molecule has 0 amide bonds. The molecule has 0 rings (SSSR count). The van der Waals surface area contributed by atoms with Crippen molar-refractivity contribution < 1.29 is 0 Å². The first kappa shape index (κ1) is 5.66. The normalized spacial score (nSPS) is 9.60. The molecule has 32 valence electrons. The molecule has 3 heteroatoms. The van der Waals surface area contributed by atoms with E-state index in [-0.39, 0.29) is 0 Å². The van der Waals surface area contributed by atoms with E-state index in [0.29, 0.717) is 0 Å². The van der Waals surface area contributed by atoms with Crippen LogP contribution < -0.4 is 0 Å². The molecule has 0 atom stereocenters. The molecule has 0 radical (unpaired) electrons. The minimum Gasteiger partial charge on any atom is -0.201 e. The minimum atomic E-state index is 1.58. The van der Waals surface area contributed by atoms with Gasteiger partial charge in [-0.25, -0.2) is 3.71 Å². The first-order valence-corrected chi connectivity index (χ1v) is 2.82. The van der Waals surface area contributed by atoms with Crippen LogP contribution in [0.25, 0.3) is 0 Å². The van der Waals surface area contributed by atoms with Crippen LogP contribution in [0.5, 0.6) is 0 Å².